The van der Waals surface area contributed by atoms with Gasteiger partial charge in [-0.3, -0.25) is 4.18 Å². The molecule has 0 fully saturated rings. The van der Waals surface area contributed by atoms with E-state index in [1.165, 1.54) is 51.0 Å². The van der Waals surface area contributed by atoms with Crippen molar-refractivity contribution in [2.45, 2.75) is 78.1 Å². The summed E-state index contributed by atoms with van der Waals surface area (Å²) in [5.74, 6) is -1.16. The van der Waals surface area contributed by atoms with Gasteiger partial charge in [-0.1, -0.05) is 82.9 Å². The van der Waals surface area contributed by atoms with Crippen molar-refractivity contribution in [1.82, 2.24) is 0 Å². The summed E-state index contributed by atoms with van der Waals surface area (Å²) in [7, 11) is -4.48. The SMILES string of the molecule is CC=CC=CC(=O)[O-].CCCCCCCCCCCCOS(=O)(=O)[O-].[K+].[Na+]. The van der Waals surface area contributed by atoms with Gasteiger partial charge in [0.25, 0.3) is 0 Å². The molecule has 148 valence electrons. The van der Waals surface area contributed by atoms with E-state index in [4.69, 9.17) is 0 Å². The molecule has 0 aromatic heterocycles. The molecule has 0 spiro atoms. The van der Waals surface area contributed by atoms with Crippen LogP contribution in [0.2, 0.25) is 0 Å². The van der Waals surface area contributed by atoms with E-state index in [9.17, 15) is 22.9 Å². The molecule has 0 atom stereocenters. The molecule has 0 aliphatic carbocycles. The van der Waals surface area contributed by atoms with Crippen LogP contribution in [0.3, 0.4) is 0 Å². The summed E-state index contributed by atoms with van der Waals surface area (Å²) in [6, 6.07) is 0. The Morgan fingerprint density at radius 2 is 1.37 bits per heavy atom. The maximum absolute atomic E-state index is 10.1. The van der Waals surface area contributed by atoms with Gasteiger partial charge in [0.1, 0.15) is 0 Å². The predicted molar refractivity (Wildman–Crippen MR) is 96.5 cm³/mol. The van der Waals surface area contributed by atoms with Crippen molar-refractivity contribution < 1.29 is 108 Å². The van der Waals surface area contributed by atoms with Crippen LogP contribution in [0.1, 0.15) is 78.1 Å². The van der Waals surface area contributed by atoms with Crippen LogP contribution in [0.15, 0.2) is 24.3 Å². The smallest absolute Gasteiger partial charge is 0.726 e. The van der Waals surface area contributed by atoms with E-state index >= 15 is 0 Å². The molecule has 0 amide bonds. The van der Waals surface area contributed by atoms with Crippen molar-refractivity contribution in [3.05, 3.63) is 24.3 Å². The Bertz CT molecular complexity index is 466. The number of carbonyl (C=O) groups excluding carboxylic acids is 1. The van der Waals surface area contributed by atoms with E-state index in [1.807, 2.05) is 0 Å². The second-order valence-electron chi connectivity index (χ2n) is 5.62. The molecule has 0 heterocycles. The molecule has 0 N–H and O–H groups in total. The first-order chi connectivity index (χ1) is 11.8. The minimum Gasteiger partial charge on any atom is -0.726 e. The van der Waals surface area contributed by atoms with Gasteiger partial charge in [-0.05, 0) is 19.4 Å². The van der Waals surface area contributed by atoms with Crippen molar-refractivity contribution in [3.63, 3.8) is 0 Å². The third-order valence-electron chi connectivity index (χ3n) is 3.26. The van der Waals surface area contributed by atoms with Gasteiger partial charge >= 0.3 is 80.9 Å². The molecule has 0 aliphatic rings. The van der Waals surface area contributed by atoms with Gasteiger partial charge in [0.15, 0.2) is 0 Å². The second kappa shape index (κ2) is 27.5. The van der Waals surface area contributed by atoms with Gasteiger partial charge < -0.3 is 14.5 Å². The summed E-state index contributed by atoms with van der Waals surface area (Å²) in [6.45, 7) is 4.05. The molecular weight excluding hydrogens is 406 g/mol. The summed E-state index contributed by atoms with van der Waals surface area (Å²) in [4.78, 5) is 9.64. The van der Waals surface area contributed by atoms with Gasteiger partial charge in [-0.25, -0.2) is 8.42 Å². The Morgan fingerprint density at radius 3 is 1.74 bits per heavy atom. The number of unbranched alkanes of at least 4 members (excludes halogenated alkanes) is 9. The quantitative estimate of drug-likeness (QED) is 0.0727. The molecule has 0 aliphatic heterocycles. The van der Waals surface area contributed by atoms with Crippen molar-refractivity contribution in [1.29, 1.82) is 0 Å². The Kier molecular flexibility index (Phi) is 36.5. The maximum Gasteiger partial charge on any atom is 1.00 e. The largest absolute Gasteiger partial charge is 1.00 e. The van der Waals surface area contributed by atoms with E-state index in [-0.39, 0.29) is 87.5 Å². The number of hydrogen-bond donors (Lipinski definition) is 0. The zero-order valence-electron chi connectivity index (χ0n) is 17.4. The topological polar surface area (TPSA) is 107 Å². The Morgan fingerprint density at radius 1 is 0.926 bits per heavy atom. The molecular formula is C18H32KNaO6S. The molecule has 0 aromatic carbocycles. The van der Waals surface area contributed by atoms with Crippen LogP contribution in [-0.4, -0.2) is 25.5 Å². The predicted octanol–water partition coefficient (Wildman–Crippen LogP) is -2.74. The molecule has 0 saturated heterocycles. The summed E-state index contributed by atoms with van der Waals surface area (Å²) >= 11 is 0. The zero-order valence-corrected chi connectivity index (χ0v) is 23.4. The van der Waals surface area contributed by atoms with E-state index in [2.05, 4.69) is 11.1 Å². The fraction of sp³-hybridized carbons (Fsp3) is 0.722. The molecule has 0 saturated carbocycles. The van der Waals surface area contributed by atoms with Crippen molar-refractivity contribution in [2.75, 3.05) is 6.61 Å². The van der Waals surface area contributed by atoms with Gasteiger partial charge in [0.05, 0.1) is 12.6 Å². The maximum atomic E-state index is 10.1. The number of rotatable bonds is 14. The molecule has 9 heteroatoms. The number of aliphatic carboxylic acids is 1. The van der Waals surface area contributed by atoms with Crippen LogP contribution >= 0.6 is 0 Å². The summed E-state index contributed by atoms with van der Waals surface area (Å²) in [5, 5.41) is 9.64. The first-order valence-corrected chi connectivity index (χ1v) is 10.3. The zero-order chi connectivity index (χ0) is 19.4. The third kappa shape index (κ3) is 42.5. The number of carbonyl (C=O) groups is 1. The Labute approximate surface area is 230 Å². The van der Waals surface area contributed by atoms with Crippen LogP contribution in [0, 0.1) is 0 Å². The fourth-order valence-corrected chi connectivity index (χ4v) is 2.32. The Balaban J connectivity index is -0.000000226. The molecule has 27 heavy (non-hydrogen) atoms. The van der Waals surface area contributed by atoms with Gasteiger partial charge in [0, 0.05) is 0 Å². The molecule has 6 nitrogen and oxygen atoms in total. The molecule has 0 rings (SSSR count). The number of allylic oxidation sites excluding steroid dienone is 3. The van der Waals surface area contributed by atoms with E-state index in [0.29, 0.717) is 6.42 Å². The number of carboxylic acid groups (broad SMARTS) is 1. The normalized spacial score (nSPS) is 10.8. The average molecular weight is 439 g/mol. The molecule has 0 bridgehead atoms. The molecule has 0 unspecified atom stereocenters. The number of hydrogen-bond acceptors (Lipinski definition) is 6. The minimum atomic E-state index is -4.48. The number of carboxylic acids is 1. The van der Waals surface area contributed by atoms with Crippen LogP contribution < -0.4 is 86.0 Å². The van der Waals surface area contributed by atoms with Gasteiger partial charge in [0.2, 0.25) is 10.4 Å². The van der Waals surface area contributed by atoms with Crippen LogP contribution in [-0.2, 0) is 19.4 Å². The van der Waals surface area contributed by atoms with Crippen molar-refractivity contribution in [3.8, 4) is 0 Å². The van der Waals surface area contributed by atoms with Crippen molar-refractivity contribution in [2.24, 2.45) is 0 Å². The van der Waals surface area contributed by atoms with Crippen molar-refractivity contribution >= 4 is 16.4 Å². The van der Waals surface area contributed by atoms with Crippen LogP contribution in [0.4, 0.5) is 0 Å². The van der Waals surface area contributed by atoms with Gasteiger partial charge in [-0.2, -0.15) is 0 Å². The van der Waals surface area contributed by atoms with E-state index < -0.39 is 16.4 Å². The Hall–Kier alpha value is 1.46. The monoisotopic (exact) mass is 438 g/mol. The average Bonchev–Trinajstić information content (AvgIpc) is 2.52. The second-order valence-corrected chi connectivity index (χ2v) is 6.67. The van der Waals surface area contributed by atoms with Crippen LogP contribution in [0.5, 0.6) is 0 Å². The molecule has 0 radical (unpaired) electrons. The third-order valence-corrected chi connectivity index (χ3v) is 3.72. The summed E-state index contributed by atoms with van der Waals surface area (Å²) in [5.41, 5.74) is 0. The van der Waals surface area contributed by atoms with Gasteiger partial charge in [-0.15, -0.1) is 0 Å². The summed E-state index contributed by atoms with van der Waals surface area (Å²) < 4.78 is 34.5. The minimum absolute atomic E-state index is 0. The van der Waals surface area contributed by atoms with E-state index in [0.717, 1.165) is 18.9 Å². The first kappa shape index (κ1) is 35.9. The van der Waals surface area contributed by atoms with E-state index in [1.54, 1.807) is 19.1 Å². The summed E-state index contributed by atoms with van der Waals surface area (Å²) in [6.07, 6.45) is 17.4. The fourth-order valence-electron chi connectivity index (χ4n) is 2.00. The standard InChI is InChI=1S/C12H26O4S.C6H8O2.K.Na/c1-2-3-4-5-6-7-8-9-10-11-12-16-17(13,14)15;1-2-3-4-5-6(7)8;;/h2-12H2,1H3,(H,13,14,15);2-5H,1H3,(H,7,8);;/q;;2*+1/p-2. The first-order valence-electron chi connectivity index (χ1n) is 8.94. The van der Waals surface area contributed by atoms with Crippen LogP contribution in [0.25, 0.3) is 0 Å². The molecule has 0 aromatic rings.